The highest BCUT2D eigenvalue weighted by atomic mass is 19.1. The maximum absolute atomic E-state index is 14.0. The van der Waals surface area contributed by atoms with Crippen LogP contribution in [-0.2, 0) is 27.2 Å². The molecule has 0 aromatic heterocycles. The number of nitrogens with zero attached hydrogens (tertiary/aromatic N) is 1. The Morgan fingerprint density at radius 1 is 1.48 bits per heavy atom. The van der Waals surface area contributed by atoms with E-state index in [1.54, 1.807) is 19.1 Å². The zero-order valence-electron chi connectivity index (χ0n) is 13.9. The van der Waals surface area contributed by atoms with E-state index in [-0.39, 0.29) is 6.42 Å². The van der Waals surface area contributed by atoms with Crippen molar-refractivity contribution in [3.8, 4) is 0 Å². The fourth-order valence-electron chi connectivity index (χ4n) is 3.55. The third-order valence-corrected chi connectivity index (χ3v) is 4.89. The molecule has 4 nitrogen and oxygen atoms in total. The van der Waals surface area contributed by atoms with E-state index in [1.165, 1.54) is 12.3 Å². The first-order valence-electron chi connectivity index (χ1n) is 8.35. The lowest BCUT2D eigenvalue weighted by molar-refractivity contribution is -0.157. The second-order valence-electron chi connectivity index (χ2n) is 6.43. The molecule has 6 heteroatoms. The highest BCUT2D eigenvalue weighted by Crippen LogP contribution is 2.31. The predicted octanol–water partition coefficient (Wildman–Crippen LogP) is 2.97. The van der Waals surface area contributed by atoms with Crippen molar-refractivity contribution < 1.29 is 23.1 Å². The fraction of sp³-hybridized carbons (Fsp3) is 0.421. The van der Waals surface area contributed by atoms with Gasteiger partial charge in [0.15, 0.2) is 6.29 Å². The summed E-state index contributed by atoms with van der Waals surface area (Å²) in [6.45, 7) is 1.79. The number of hydrogen-bond acceptors (Lipinski definition) is 4. The molecular weight excluding hydrogens is 328 g/mol. The van der Waals surface area contributed by atoms with Crippen LogP contribution in [0.15, 0.2) is 29.3 Å². The smallest absolute Gasteiger partial charge is 0.312 e. The molecule has 1 aliphatic heterocycles. The number of carbonyl (C=O) groups excluding carboxylic acids is 2. The van der Waals surface area contributed by atoms with Gasteiger partial charge >= 0.3 is 5.97 Å². The Morgan fingerprint density at radius 2 is 2.28 bits per heavy atom. The van der Waals surface area contributed by atoms with Gasteiger partial charge in [-0.15, -0.1) is 0 Å². The van der Waals surface area contributed by atoms with Gasteiger partial charge in [-0.25, -0.2) is 8.78 Å². The van der Waals surface area contributed by atoms with Crippen LogP contribution in [0.2, 0.25) is 0 Å². The maximum Gasteiger partial charge on any atom is 0.312 e. The molecule has 3 unspecified atom stereocenters. The molecule has 0 fully saturated rings. The summed E-state index contributed by atoms with van der Waals surface area (Å²) in [6.07, 6.45) is 6.40. The monoisotopic (exact) mass is 347 g/mol. The molecule has 0 bridgehead atoms. The SMILES string of the molecule is CCC(C(=O)OC1CCc2cc(F)cc(F)c2C1)C1(C=O)C=CC=N1. The highest BCUT2D eigenvalue weighted by Gasteiger charge is 2.43. The lowest BCUT2D eigenvalue weighted by Crippen LogP contribution is -2.42. The van der Waals surface area contributed by atoms with Gasteiger partial charge < -0.3 is 9.53 Å². The largest absolute Gasteiger partial charge is 0.462 e. The lowest BCUT2D eigenvalue weighted by Gasteiger charge is -2.30. The normalized spacial score (nSPS) is 25.5. The number of aldehydes is 1. The number of aryl methyl sites for hydroxylation is 1. The van der Waals surface area contributed by atoms with Gasteiger partial charge in [-0.3, -0.25) is 9.79 Å². The van der Waals surface area contributed by atoms with Crippen LogP contribution in [0.5, 0.6) is 0 Å². The molecule has 132 valence electrons. The first-order valence-corrected chi connectivity index (χ1v) is 8.35. The van der Waals surface area contributed by atoms with Crippen LogP contribution in [0.3, 0.4) is 0 Å². The number of halogens is 2. The van der Waals surface area contributed by atoms with E-state index in [1.807, 2.05) is 0 Å². The van der Waals surface area contributed by atoms with E-state index in [4.69, 9.17) is 4.74 Å². The van der Waals surface area contributed by atoms with Gasteiger partial charge in [0.25, 0.3) is 0 Å². The quantitative estimate of drug-likeness (QED) is 0.608. The lowest BCUT2D eigenvalue weighted by atomic mass is 9.84. The van der Waals surface area contributed by atoms with Crippen LogP contribution < -0.4 is 0 Å². The number of fused-ring (bicyclic) bond motifs is 1. The van der Waals surface area contributed by atoms with Crippen molar-refractivity contribution in [2.75, 3.05) is 0 Å². The molecule has 1 aromatic rings. The Kier molecular flexibility index (Phi) is 4.79. The van der Waals surface area contributed by atoms with E-state index in [0.717, 1.165) is 6.07 Å². The minimum atomic E-state index is -1.22. The fourth-order valence-corrected chi connectivity index (χ4v) is 3.55. The molecule has 0 saturated carbocycles. The summed E-state index contributed by atoms with van der Waals surface area (Å²) < 4.78 is 32.8. The van der Waals surface area contributed by atoms with Crippen LogP contribution >= 0.6 is 0 Å². The van der Waals surface area contributed by atoms with E-state index in [0.29, 0.717) is 36.7 Å². The molecule has 0 radical (unpaired) electrons. The van der Waals surface area contributed by atoms with E-state index in [2.05, 4.69) is 4.99 Å². The number of esters is 1. The average Bonchev–Trinajstić information content (AvgIpc) is 3.06. The summed E-state index contributed by atoms with van der Waals surface area (Å²) in [6, 6.07) is 2.17. The topological polar surface area (TPSA) is 55.7 Å². The first-order chi connectivity index (χ1) is 12.0. The van der Waals surface area contributed by atoms with E-state index >= 15 is 0 Å². The molecule has 1 aromatic carbocycles. The Hall–Kier alpha value is -2.37. The Morgan fingerprint density at radius 3 is 2.92 bits per heavy atom. The van der Waals surface area contributed by atoms with Crippen LogP contribution in [-0.4, -0.2) is 30.1 Å². The van der Waals surface area contributed by atoms with Crippen LogP contribution in [0.25, 0.3) is 0 Å². The Balaban J connectivity index is 1.74. The van der Waals surface area contributed by atoms with Crippen LogP contribution in [0.1, 0.15) is 30.9 Å². The third-order valence-electron chi connectivity index (χ3n) is 4.89. The molecule has 0 saturated heterocycles. The van der Waals surface area contributed by atoms with Crippen molar-refractivity contribution in [3.63, 3.8) is 0 Å². The predicted molar refractivity (Wildman–Crippen MR) is 88.5 cm³/mol. The summed E-state index contributed by atoms with van der Waals surface area (Å²) in [5, 5.41) is 0. The number of aliphatic imine (C=N–C) groups is 1. The third kappa shape index (κ3) is 3.25. The molecule has 3 rings (SSSR count). The number of allylic oxidation sites excluding steroid dienone is 1. The Bertz CT molecular complexity index is 745. The molecule has 0 spiro atoms. The van der Waals surface area contributed by atoms with Gasteiger partial charge in [-0.2, -0.15) is 0 Å². The number of hydrogen-bond donors (Lipinski definition) is 0. The van der Waals surface area contributed by atoms with Gasteiger partial charge in [-0.1, -0.05) is 6.92 Å². The van der Waals surface area contributed by atoms with Crippen molar-refractivity contribution in [3.05, 3.63) is 47.0 Å². The number of rotatable bonds is 5. The zero-order chi connectivity index (χ0) is 18.0. The molecule has 0 amide bonds. The van der Waals surface area contributed by atoms with E-state index < -0.39 is 35.2 Å². The molecular formula is C19H19F2NO3. The van der Waals surface area contributed by atoms with Crippen molar-refractivity contribution in [1.29, 1.82) is 0 Å². The summed E-state index contributed by atoms with van der Waals surface area (Å²) in [5.41, 5.74) is -0.209. The molecule has 1 heterocycles. The average molecular weight is 347 g/mol. The first kappa shape index (κ1) is 17.5. The summed E-state index contributed by atoms with van der Waals surface area (Å²) in [4.78, 5) is 28.2. The van der Waals surface area contributed by atoms with Crippen LogP contribution in [0.4, 0.5) is 8.78 Å². The Labute approximate surface area is 144 Å². The van der Waals surface area contributed by atoms with Gasteiger partial charge in [-0.05, 0) is 48.6 Å². The summed E-state index contributed by atoms with van der Waals surface area (Å²) >= 11 is 0. The minimum Gasteiger partial charge on any atom is -0.462 e. The second-order valence-corrected chi connectivity index (χ2v) is 6.43. The molecule has 0 N–H and O–H groups in total. The molecule has 25 heavy (non-hydrogen) atoms. The van der Waals surface area contributed by atoms with Crippen molar-refractivity contribution in [2.45, 2.75) is 44.2 Å². The number of carbonyl (C=O) groups is 2. The molecule has 1 aliphatic carbocycles. The van der Waals surface area contributed by atoms with Gasteiger partial charge in [0.2, 0.25) is 0 Å². The molecule has 3 atom stereocenters. The highest BCUT2D eigenvalue weighted by molar-refractivity contribution is 5.90. The summed E-state index contributed by atoms with van der Waals surface area (Å²) in [5.74, 6) is -2.46. The maximum atomic E-state index is 14.0. The van der Waals surface area contributed by atoms with Crippen molar-refractivity contribution >= 4 is 18.5 Å². The molecule has 2 aliphatic rings. The standard InChI is InChI=1S/C19H19F2NO3/c1-2-16(19(11-23)6-3-7-22-19)18(24)25-14-5-4-12-8-13(20)9-17(21)15(12)10-14/h3,6-9,11,14,16H,2,4-5,10H2,1H3. The second kappa shape index (κ2) is 6.86. The van der Waals surface area contributed by atoms with Crippen molar-refractivity contribution in [1.82, 2.24) is 0 Å². The van der Waals surface area contributed by atoms with E-state index in [9.17, 15) is 18.4 Å². The zero-order valence-corrected chi connectivity index (χ0v) is 13.9. The minimum absolute atomic E-state index is 0.205. The number of ether oxygens (including phenoxy) is 1. The van der Waals surface area contributed by atoms with Crippen molar-refractivity contribution in [2.24, 2.45) is 10.9 Å². The summed E-state index contributed by atoms with van der Waals surface area (Å²) in [7, 11) is 0. The van der Waals surface area contributed by atoms with Gasteiger partial charge in [0.05, 0.1) is 5.92 Å². The van der Waals surface area contributed by atoms with Crippen LogP contribution in [0, 0.1) is 17.6 Å². The van der Waals surface area contributed by atoms with Gasteiger partial charge in [0, 0.05) is 18.7 Å². The van der Waals surface area contributed by atoms with Gasteiger partial charge in [0.1, 0.15) is 23.3 Å². The number of benzene rings is 1.